The Morgan fingerprint density at radius 2 is 2.35 bits per heavy atom. The molecule has 20 heavy (non-hydrogen) atoms. The van der Waals surface area contributed by atoms with Crippen molar-refractivity contribution < 1.29 is 13.9 Å². The molecule has 106 valence electrons. The van der Waals surface area contributed by atoms with Crippen molar-refractivity contribution in [1.29, 1.82) is 0 Å². The highest BCUT2D eigenvalue weighted by Gasteiger charge is 2.17. The topological polar surface area (TPSA) is 52.1 Å². The summed E-state index contributed by atoms with van der Waals surface area (Å²) in [5, 5.41) is 3.75. The molecule has 0 aliphatic carbocycles. The number of esters is 1. The summed E-state index contributed by atoms with van der Waals surface area (Å²) in [7, 11) is 0. The van der Waals surface area contributed by atoms with Gasteiger partial charge >= 0.3 is 5.97 Å². The molecule has 7 heteroatoms. The van der Waals surface area contributed by atoms with Gasteiger partial charge in [-0.3, -0.25) is 4.79 Å². The molecule has 0 amide bonds. The first-order valence-corrected chi connectivity index (χ1v) is 7.09. The first kappa shape index (κ1) is 14.9. The predicted molar refractivity (Wildman–Crippen MR) is 74.0 cm³/mol. The van der Waals surface area contributed by atoms with Crippen molar-refractivity contribution in [3.05, 3.63) is 45.7 Å². The number of rotatable bonds is 5. The third-order valence-electron chi connectivity index (χ3n) is 2.69. The lowest BCUT2D eigenvalue weighted by atomic mass is 10.0. The van der Waals surface area contributed by atoms with Gasteiger partial charge in [-0.1, -0.05) is 35.1 Å². The van der Waals surface area contributed by atoms with Crippen LogP contribution in [0.3, 0.4) is 0 Å². The smallest absolute Gasteiger partial charge is 0.309 e. The molecule has 0 fully saturated rings. The van der Waals surface area contributed by atoms with Crippen LogP contribution in [0.25, 0.3) is 0 Å². The van der Waals surface area contributed by atoms with E-state index in [1.807, 2.05) is 0 Å². The molecule has 2 aromatic rings. The first-order valence-electron chi connectivity index (χ1n) is 5.94. The van der Waals surface area contributed by atoms with Crippen LogP contribution in [0.15, 0.2) is 24.3 Å². The van der Waals surface area contributed by atoms with Crippen LogP contribution in [0.2, 0.25) is 4.34 Å². The van der Waals surface area contributed by atoms with Gasteiger partial charge < -0.3 is 4.74 Å². The second kappa shape index (κ2) is 6.76. The predicted octanol–water partition coefficient (Wildman–Crippen LogP) is 3.25. The quantitative estimate of drug-likeness (QED) is 0.795. The zero-order chi connectivity index (χ0) is 14.5. The normalized spacial score (nSPS) is 12.2. The molecule has 0 saturated heterocycles. The number of carbonyl (C=O) groups is 1. The molecule has 0 radical (unpaired) electrons. The second-order valence-corrected chi connectivity index (χ2v) is 5.69. The summed E-state index contributed by atoms with van der Waals surface area (Å²) < 4.78 is 22.2. The molecular weight excluding hydrogens is 303 g/mol. The summed E-state index contributed by atoms with van der Waals surface area (Å²) in [5.41, 5.74) is 1.20. The highest BCUT2D eigenvalue weighted by atomic mass is 35.5. The summed E-state index contributed by atoms with van der Waals surface area (Å²) in [5.74, 6) is -1.07. The summed E-state index contributed by atoms with van der Waals surface area (Å²) in [4.78, 5) is 11.8. The van der Waals surface area contributed by atoms with Crippen molar-refractivity contribution in [1.82, 2.24) is 9.59 Å². The Labute approximate surface area is 124 Å². The molecule has 0 N–H and O–H groups in total. The number of carbonyl (C=O) groups excluding carboxylic acids is 1. The van der Waals surface area contributed by atoms with Gasteiger partial charge in [0, 0.05) is 11.5 Å². The maximum atomic E-state index is 13.1. The summed E-state index contributed by atoms with van der Waals surface area (Å²) in [6, 6.07) is 6.16. The fourth-order valence-corrected chi connectivity index (χ4v) is 2.27. The fraction of sp³-hybridized carbons (Fsp3) is 0.308. The highest BCUT2D eigenvalue weighted by molar-refractivity contribution is 7.10. The zero-order valence-electron chi connectivity index (χ0n) is 10.7. The average molecular weight is 315 g/mol. The number of aromatic nitrogens is 2. The minimum absolute atomic E-state index is 0.00164. The van der Waals surface area contributed by atoms with Crippen LogP contribution >= 0.6 is 23.1 Å². The van der Waals surface area contributed by atoms with E-state index in [9.17, 15) is 9.18 Å². The van der Waals surface area contributed by atoms with Gasteiger partial charge in [-0.05, 0) is 24.1 Å². The van der Waals surface area contributed by atoms with Crippen LogP contribution in [0.1, 0.15) is 18.2 Å². The number of benzene rings is 1. The molecule has 1 aromatic heterocycles. The first-order chi connectivity index (χ1) is 9.56. The van der Waals surface area contributed by atoms with E-state index in [2.05, 4.69) is 9.59 Å². The summed E-state index contributed by atoms with van der Waals surface area (Å²) >= 11 is 6.85. The van der Waals surface area contributed by atoms with E-state index in [-0.39, 0.29) is 24.3 Å². The molecule has 0 aliphatic heterocycles. The minimum Gasteiger partial charge on any atom is -0.459 e. The Bertz CT molecular complexity index is 606. The lowest BCUT2D eigenvalue weighted by Crippen LogP contribution is -2.17. The second-order valence-electron chi connectivity index (χ2n) is 4.34. The van der Waals surface area contributed by atoms with Crippen molar-refractivity contribution in [3.63, 3.8) is 0 Å². The Hall–Kier alpha value is -1.53. The Kier molecular flexibility index (Phi) is 5.03. The minimum atomic E-state index is -0.377. The van der Waals surface area contributed by atoms with E-state index >= 15 is 0 Å². The third kappa shape index (κ3) is 3.98. The molecule has 1 atom stereocenters. The van der Waals surface area contributed by atoms with Gasteiger partial charge in [0.15, 0.2) is 0 Å². The van der Waals surface area contributed by atoms with Crippen molar-refractivity contribution in [2.24, 2.45) is 5.92 Å². The van der Waals surface area contributed by atoms with Crippen LogP contribution in [-0.2, 0) is 22.6 Å². The van der Waals surface area contributed by atoms with Crippen molar-refractivity contribution >= 4 is 29.1 Å². The lowest BCUT2D eigenvalue weighted by molar-refractivity contribution is -0.149. The molecule has 1 unspecified atom stereocenters. The lowest BCUT2D eigenvalue weighted by Gasteiger charge is -2.10. The van der Waals surface area contributed by atoms with Crippen LogP contribution < -0.4 is 0 Å². The average Bonchev–Trinajstić information content (AvgIpc) is 2.81. The van der Waals surface area contributed by atoms with E-state index in [0.717, 1.165) is 17.1 Å². The van der Waals surface area contributed by atoms with Crippen LogP contribution in [0.5, 0.6) is 0 Å². The fourth-order valence-electron chi connectivity index (χ4n) is 1.67. The number of hydrogen-bond donors (Lipinski definition) is 0. The molecular formula is C13H12ClFN2O2S. The molecule has 4 nitrogen and oxygen atoms in total. The third-order valence-corrected chi connectivity index (χ3v) is 3.68. The van der Waals surface area contributed by atoms with Gasteiger partial charge in [0.1, 0.15) is 22.5 Å². The van der Waals surface area contributed by atoms with Gasteiger partial charge in [0.05, 0.1) is 5.92 Å². The number of hydrogen-bond acceptors (Lipinski definition) is 5. The van der Waals surface area contributed by atoms with E-state index in [1.165, 1.54) is 12.1 Å². The van der Waals surface area contributed by atoms with E-state index in [1.54, 1.807) is 19.1 Å². The van der Waals surface area contributed by atoms with Gasteiger partial charge in [-0.15, -0.1) is 5.10 Å². The SMILES string of the molecule is CC(Cc1cccc(F)c1)C(=O)OCc1nnsc1Cl. The number of nitrogens with zero attached hydrogens (tertiary/aromatic N) is 2. The van der Waals surface area contributed by atoms with Gasteiger partial charge in [-0.25, -0.2) is 4.39 Å². The van der Waals surface area contributed by atoms with Crippen LogP contribution in [0, 0.1) is 11.7 Å². The van der Waals surface area contributed by atoms with Crippen molar-refractivity contribution in [3.8, 4) is 0 Å². The van der Waals surface area contributed by atoms with E-state index < -0.39 is 0 Å². The maximum Gasteiger partial charge on any atom is 0.309 e. The standard InChI is InChI=1S/C13H12ClFN2O2S/c1-8(5-9-3-2-4-10(15)6-9)13(18)19-7-11-12(14)20-17-16-11/h2-4,6,8H,5,7H2,1H3. The van der Waals surface area contributed by atoms with E-state index in [4.69, 9.17) is 16.3 Å². The molecule has 1 heterocycles. The molecule has 0 saturated carbocycles. The Morgan fingerprint density at radius 1 is 1.55 bits per heavy atom. The Balaban J connectivity index is 1.87. The summed E-state index contributed by atoms with van der Waals surface area (Å²) in [6.07, 6.45) is 0.416. The largest absolute Gasteiger partial charge is 0.459 e. The van der Waals surface area contributed by atoms with Crippen molar-refractivity contribution in [2.75, 3.05) is 0 Å². The van der Waals surface area contributed by atoms with Gasteiger partial charge in [-0.2, -0.15) is 0 Å². The summed E-state index contributed by atoms with van der Waals surface area (Å²) in [6.45, 7) is 1.73. The molecule has 0 bridgehead atoms. The molecule has 1 aromatic carbocycles. The molecule has 0 spiro atoms. The van der Waals surface area contributed by atoms with Gasteiger partial charge in [0.2, 0.25) is 0 Å². The number of halogens is 2. The maximum absolute atomic E-state index is 13.1. The molecule has 0 aliphatic rings. The zero-order valence-corrected chi connectivity index (χ0v) is 12.2. The van der Waals surface area contributed by atoms with Crippen molar-refractivity contribution in [2.45, 2.75) is 20.0 Å². The Morgan fingerprint density at radius 3 is 3.00 bits per heavy atom. The van der Waals surface area contributed by atoms with Crippen LogP contribution in [-0.4, -0.2) is 15.6 Å². The highest BCUT2D eigenvalue weighted by Crippen LogP contribution is 2.19. The monoisotopic (exact) mass is 314 g/mol. The van der Waals surface area contributed by atoms with Crippen LogP contribution in [0.4, 0.5) is 4.39 Å². The molecule has 2 rings (SSSR count). The van der Waals surface area contributed by atoms with Gasteiger partial charge in [0.25, 0.3) is 0 Å². The van der Waals surface area contributed by atoms with E-state index in [0.29, 0.717) is 16.5 Å². The number of ether oxygens (including phenoxy) is 1.